The Morgan fingerprint density at radius 1 is 1.21 bits per heavy atom. The molecule has 2 aliphatic rings. The zero-order valence-electron chi connectivity index (χ0n) is 13.9. The van der Waals surface area contributed by atoms with Gasteiger partial charge in [0.1, 0.15) is 13.2 Å². The molecule has 6 heteroatoms. The Bertz CT molecular complexity index is 600. The SMILES string of the molecule is NCC1(CC(=O)NCc2cc(Cl)c3c(c2)OCCO3)CCCCC1. The second-order valence-electron chi connectivity index (χ2n) is 6.82. The Balaban J connectivity index is 1.59. The number of nitrogens with two attached hydrogens (primary N) is 1. The van der Waals surface area contributed by atoms with Crippen LogP contribution in [0.15, 0.2) is 12.1 Å². The van der Waals surface area contributed by atoms with Gasteiger partial charge in [-0.3, -0.25) is 4.79 Å². The van der Waals surface area contributed by atoms with Crippen LogP contribution >= 0.6 is 11.6 Å². The highest BCUT2D eigenvalue weighted by Crippen LogP contribution is 2.39. The number of hydrogen-bond donors (Lipinski definition) is 2. The van der Waals surface area contributed by atoms with Crippen LogP contribution in [0.1, 0.15) is 44.1 Å². The number of benzene rings is 1. The van der Waals surface area contributed by atoms with Crippen molar-refractivity contribution in [3.63, 3.8) is 0 Å². The van der Waals surface area contributed by atoms with Gasteiger partial charge in [0.2, 0.25) is 5.91 Å². The molecule has 0 atom stereocenters. The molecule has 0 unspecified atom stereocenters. The fourth-order valence-corrected chi connectivity index (χ4v) is 3.91. The Kier molecular flexibility index (Phi) is 5.51. The molecule has 1 aromatic rings. The van der Waals surface area contributed by atoms with Gasteiger partial charge in [-0.05, 0) is 42.5 Å². The number of amides is 1. The van der Waals surface area contributed by atoms with Crippen molar-refractivity contribution in [2.24, 2.45) is 11.1 Å². The predicted molar refractivity (Wildman–Crippen MR) is 93.5 cm³/mol. The van der Waals surface area contributed by atoms with Crippen molar-refractivity contribution in [3.05, 3.63) is 22.7 Å². The van der Waals surface area contributed by atoms with Crippen molar-refractivity contribution in [2.45, 2.75) is 45.1 Å². The third-order valence-electron chi connectivity index (χ3n) is 5.03. The van der Waals surface area contributed by atoms with E-state index in [2.05, 4.69) is 5.32 Å². The third kappa shape index (κ3) is 3.95. The smallest absolute Gasteiger partial charge is 0.220 e. The number of halogens is 1. The van der Waals surface area contributed by atoms with Gasteiger partial charge in [0.15, 0.2) is 11.5 Å². The average molecular weight is 353 g/mol. The largest absolute Gasteiger partial charge is 0.486 e. The van der Waals surface area contributed by atoms with Crippen LogP contribution in [0.2, 0.25) is 5.02 Å². The molecule has 0 aromatic heterocycles. The van der Waals surface area contributed by atoms with E-state index in [9.17, 15) is 4.79 Å². The summed E-state index contributed by atoms with van der Waals surface area (Å²) in [6.45, 7) is 2.02. The molecule has 1 aliphatic carbocycles. The monoisotopic (exact) mass is 352 g/mol. The third-order valence-corrected chi connectivity index (χ3v) is 5.31. The lowest BCUT2D eigenvalue weighted by atomic mass is 9.71. The highest BCUT2D eigenvalue weighted by molar-refractivity contribution is 6.32. The molecular formula is C18H25ClN2O3. The van der Waals surface area contributed by atoms with Gasteiger partial charge in [0.05, 0.1) is 5.02 Å². The van der Waals surface area contributed by atoms with E-state index in [0.717, 1.165) is 18.4 Å². The summed E-state index contributed by atoms with van der Waals surface area (Å²) >= 11 is 6.23. The molecule has 5 nitrogen and oxygen atoms in total. The lowest BCUT2D eigenvalue weighted by Gasteiger charge is -2.35. The summed E-state index contributed by atoms with van der Waals surface area (Å²) in [5, 5.41) is 3.51. The van der Waals surface area contributed by atoms with E-state index in [1.807, 2.05) is 12.1 Å². The number of carbonyl (C=O) groups is 1. The van der Waals surface area contributed by atoms with Crippen molar-refractivity contribution >= 4 is 17.5 Å². The topological polar surface area (TPSA) is 73.6 Å². The van der Waals surface area contributed by atoms with Crippen LogP contribution in [0, 0.1) is 5.41 Å². The summed E-state index contributed by atoms with van der Waals surface area (Å²) in [6, 6.07) is 3.69. The minimum atomic E-state index is -0.0210. The summed E-state index contributed by atoms with van der Waals surface area (Å²) < 4.78 is 11.1. The lowest BCUT2D eigenvalue weighted by molar-refractivity contribution is -0.124. The summed E-state index contributed by atoms with van der Waals surface area (Å²) in [5.41, 5.74) is 6.85. The fourth-order valence-electron chi connectivity index (χ4n) is 3.62. The normalized spacial score (nSPS) is 18.9. The van der Waals surface area contributed by atoms with E-state index in [0.29, 0.717) is 49.2 Å². The van der Waals surface area contributed by atoms with Crippen LogP contribution in [0.4, 0.5) is 0 Å². The van der Waals surface area contributed by atoms with Gasteiger partial charge in [-0.2, -0.15) is 0 Å². The molecule has 0 radical (unpaired) electrons. The quantitative estimate of drug-likeness (QED) is 0.854. The number of hydrogen-bond acceptors (Lipinski definition) is 4. The van der Waals surface area contributed by atoms with Crippen LogP contribution in [0.3, 0.4) is 0 Å². The van der Waals surface area contributed by atoms with E-state index >= 15 is 0 Å². The molecule has 1 aliphatic heterocycles. The molecule has 1 aromatic carbocycles. The average Bonchev–Trinajstić information content (AvgIpc) is 2.61. The predicted octanol–water partition coefficient (Wildman–Crippen LogP) is 3.03. The van der Waals surface area contributed by atoms with Gasteiger partial charge in [-0.15, -0.1) is 0 Å². The van der Waals surface area contributed by atoms with E-state index in [4.69, 9.17) is 26.8 Å². The number of carbonyl (C=O) groups excluding carboxylic acids is 1. The number of nitrogens with one attached hydrogen (secondary N) is 1. The van der Waals surface area contributed by atoms with Gasteiger partial charge in [0.25, 0.3) is 0 Å². The molecule has 3 N–H and O–H groups in total. The van der Waals surface area contributed by atoms with Crippen LogP contribution in [0.25, 0.3) is 0 Å². The standard InChI is InChI=1S/C18H25ClN2O3/c19-14-8-13(9-15-17(14)24-7-6-23-15)11-21-16(22)10-18(12-20)4-2-1-3-5-18/h8-9H,1-7,10-12,20H2,(H,21,22). The first-order valence-electron chi connectivity index (χ1n) is 8.67. The van der Waals surface area contributed by atoms with Gasteiger partial charge in [0, 0.05) is 13.0 Å². The Labute approximate surface area is 147 Å². The van der Waals surface area contributed by atoms with Crippen LogP contribution in [-0.2, 0) is 11.3 Å². The zero-order valence-corrected chi connectivity index (χ0v) is 14.7. The molecule has 3 rings (SSSR count). The van der Waals surface area contributed by atoms with Gasteiger partial charge in [-0.25, -0.2) is 0 Å². The Hall–Kier alpha value is -1.46. The minimum Gasteiger partial charge on any atom is -0.486 e. The van der Waals surface area contributed by atoms with Crippen molar-refractivity contribution in [2.75, 3.05) is 19.8 Å². The summed E-state index contributed by atoms with van der Waals surface area (Å²) in [6.07, 6.45) is 6.19. The van der Waals surface area contributed by atoms with Gasteiger partial charge < -0.3 is 20.5 Å². The molecule has 0 spiro atoms. The second kappa shape index (κ2) is 7.62. The maximum Gasteiger partial charge on any atom is 0.220 e. The van der Waals surface area contributed by atoms with E-state index in [1.54, 1.807) is 0 Å². The highest BCUT2D eigenvalue weighted by Gasteiger charge is 2.32. The molecule has 1 heterocycles. The van der Waals surface area contributed by atoms with Crippen molar-refractivity contribution in [3.8, 4) is 11.5 Å². The molecule has 1 fully saturated rings. The van der Waals surface area contributed by atoms with E-state index in [-0.39, 0.29) is 11.3 Å². The maximum atomic E-state index is 12.4. The maximum absolute atomic E-state index is 12.4. The van der Waals surface area contributed by atoms with Crippen molar-refractivity contribution < 1.29 is 14.3 Å². The van der Waals surface area contributed by atoms with Gasteiger partial charge >= 0.3 is 0 Å². The second-order valence-corrected chi connectivity index (χ2v) is 7.23. The van der Waals surface area contributed by atoms with Crippen LogP contribution in [0.5, 0.6) is 11.5 Å². The lowest BCUT2D eigenvalue weighted by Crippen LogP contribution is -2.38. The minimum absolute atomic E-state index is 0.0210. The first-order chi connectivity index (χ1) is 11.6. The number of ether oxygens (including phenoxy) is 2. The summed E-state index contributed by atoms with van der Waals surface area (Å²) in [4.78, 5) is 12.4. The summed E-state index contributed by atoms with van der Waals surface area (Å²) in [5.74, 6) is 1.28. The molecule has 132 valence electrons. The molecule has 24 heavy (non-hydrogen) atoms. The zero-order chi connectivity index (χ0) is 17.0. The van der Waals surface area contributed by atoms with Gasteiger partial charge in [-0.1, -0.05) is 30.9 Å². The van der Waals surface area contributed by atoms with Crippen LogP contribution in [-0.4, -0.2) is 25.7 Å². The molecular weight excluding hydrogens is 328 g/mol. The Morgan fingerprint density at radius 2 is 1.96 bits per heavy atom. The number of rotatable bonds is 5. The molecule has 1 amide bonds. The van der Waals surface area contributed by atoms with Crippen molar-refractivity contribution in [1.82, 2.24) is 5.32 Å². The van der Waals surface area contributed by atoms with Crippen LogP contribution < -0.4 is 20.5 Å². The first kappa shape index (κ1) is 17.4. The molecule has 0 bridgehead atoms. The summed E-state index contributed by atoms with van der Waals surface area (Å²) in [7, 11) is 0. The Morgan fingerprint density at radius 3 is 2.71 bits per heavy atom. The van der Waals surface area contributed by atoms with Crippen molar-refractivity contribution in [1.29, 1.82) is 0 Å². The fraction of sp³-hybridized carbons (Fsp3) is 0.611. The molecule has 1 saturated carbocycles. The number of fused-ring (bicyclic) bond motifs is 1. The van der Waals surface area contributed by atoms with E-state index in [1.165, 1.54) is 19.3 Å². The molecule has 0 saturated heterocycles. The first-order valence-corrected chi connectivity index (χ1v) is 9.04. The van der Waals surface area contributed by atoms with E-state index < -0.39 is 0 Å². The highest BCUT2D eigenvalue weighted by atomic mass is 35.5.